The number of carbonyl (C=O) groups is 1. The van der Waals surface area contributed by atoms with Crippen LogP contribution in [0.3, 0.4) is 0 Å². The normalized spacial score (nSPS) is 31.2. The first kappa shape index (κ1) is 16.2. The zero-order chi connectivity index (χ0) is 15.7. The van der Waals surface area contributed by atoms with Crippen molar-refractivity contribution < 1.29 is 13.9 Å². The maximum Gasteiger partial charge on any atom is 0.311 e. The van der Waals surface area contributed by atoms with E-state index in [1.807, 2.05) is 0 Å². The van der Waals surface area contributed by atoms with Crippen LogP contribution in [0, 0.1) is 9.49 Å². The molecule has 3 nitrogen and oxygen atoms in total. The van der Waals surface area contributed by atoms with Gasteiger partial charge in [0.25, 0.3) is 0 Å². The van der Waals surface area contributed by atoms with Crippen molar-refractivity contribution >= 4 is 28.6 Å². The maximum atomic E-state index is 12.5. The van der Waals surface area contributed by atoms with Crippen molar-refractivity contribution in [2.24, 2.45) is 5.92 Å². The molecular weight excluding hydrogens is 396 g/mol. The second-order valence-corrected chi connectivity index (χ2v) is 7.49. The highest BCUT2D eigenvalue weighted by Gasteiger charge is 2.49. The molecule has 2 heterocycles. The van der Waals surface area contributed by atoms with E-state index in [9.17, 15) is 9.18 Å². The summed E-state index contributed by atoms with van der Waals surface area (Å²) in [5, 5.41) is 0. The maximum absolute atomic E-state index is 12.5. The molecule has 5 heteroatoms. The van der Waals surface area contributed by atoms with Crippen molar-refractivity contribution in [3.05, 3.63) is 33.4 Å². The molecule has 3 rings (SSSR count). The molecule has 22 heavy (non-hydrogen) atoms. The number of rotatable bonds is 4. The first-order valence-corrected chi connectivity index (χ1v) is 8.89. The summed E-state index contributed by atoms with van der Waals surface area (Å²) in [7, 11) is 2.10. The highest BCUT2D eigenvalue weighted by Crippen LogP contribution is 2.46. The Labute approximate surface area is 144 Å². The SMILES string of the molecule is CN1[C@H]2CC[C@@H]1[C@@H](C(=O)OCCF)[C@@H](c1ccc(I)cc1)C2. The Morgan fingerprint density at radius 3 is 2.77 bits per heavy atom. The smallest absolute Gasteiger partial charge is 0.311 e. The Morgan fingerprint density at radius 1 is 1.36 bits per heavy atom. The minimum Gasteiger partial charge on any atom is -0.463 e. The number of piperidine rings is 1. The van der Waals surface area contributed by atoms with E-state index < -0.39 is 6.67 Å². The Hall–Kier alpha value is -0.690. The lowest BCUT2D eigenvalue weighted by Gasteiger charge is -2.41. The molecule has 2 aliphatic heterocycles. The lowest BCUT2D eigenvalue weighted by molar-refractivity contribution is -0.153. The summed E-state index contributed by atoms with van der Waals surface area (Å²) >= 11 is 2.29. The van der Waals surface area contributed by atoms with E-state index in [1.54, 1.807) is 0 Å². The van der Waals surface area contributed by atoms with Crippen molar-refractivity contribution in [1.82, 2.24) is 4.90 Å². The predicted molar refractivity (Wildman–Crippen MR) is 91.5 cm³/mol. The van der Waals surface area contributed by atoms with Crippen molar-refractivity contribution in [1.29, 1.82) is 0 Å². The molecule has 1 aromatic carbocycles. The van der Waals surface area contributed by atoms with E-state index in [-0.39, 0.29) is 30.5 Å². The van der Waals surface area contributed by atoms with Gasteiger partial charge in [0.05, 0.1) is 5.92 Å². The van der Waals surface area contributed by atoms with Crippen LogP contribution >= 0.6 is 22.6 Å². The highest BCUT2D eigenvalue weighted by atomic mass is 127. The van der Waals surface area contributed by atoms with Crippen molar-refractivity contribution in [3.63, 3.8) is 0 Å². The molecule has 0 radical (unpaired) electrons. The van der Waals surface area contributed by atoms with Gasteiger partial charge in [-0.05, 0) is 66.6 Å². The first-order chi connectivity index (χ1) is 10.6. The van der Waals surface area contributed by atoms with Crippen molar-refractivity contribution in [2.75, 3.05) is 20.3 Å². The molecule has 0 unspecified atom stereocenters. The summed E-state index contributed by atoms with van der Waals surface area (Å²) in [6, 6.07) is 9.16. The number of nitrogens with zero attached hydrogens (tertiary/aromatic N) is 1. The number of hydrogen-bond donors (Lipinski definition) is 0. The molecule has 1 aromatic rings. The largest absolute Gasteiger partial charge is 0.463 e. The Kier molecular flexibility index (Phi) is 5.02. The third kappa shape index (κ3) is 3.02. The number of esters is 1. The first-order valence-electron chi connectivity index (χ1n) is 7.82. The van der Waals surface area contributed by atoms with Gasteiger partial charge in [0.15, 0.2) is 0 Å². The Balaban J connectivity index is 1.88. The van der Waals surface area contributed by atoms with Gasteiger partial charge in [0.1, 0.15) is 13.3 Å². The van der Waals surface area contributed by atoms with Gasteiger partial charge in [-0.25, -0.2) is 4.39 Å². The molecule has 0 spiro atoms. The molecule has 0 amide bonds. The minimum absolute atomic E-state index is 0.130. The number of benzene rings is 1. The number of ether oxygens (including phenoxy) is 1. The van der Waals surface area contributed by atoms with Crippen LogP contribution in [0.4, 0.5) is 4.39 Å². The van der Waals surface area contributed by atoms with Crippen LogP contribution in [0.5, 0.6) is 0 Å². The van der Waals surface area contributed by atoms with Crippen LogP contribution in [0.2, 0.25) is 0 Å². The van der Waals surface area contributed by atoms with Crippen molar-refractivity contribution in [2.45, 2.75) is 37.3 Å². The predicted octanol–water partition coefficient (Wildman–Crippen LogP) is 3.37. The third-order valence-corrected chi connectivity index (χ3v) is 5.88. The van der Waals surface area contributed by atoms with Gasteiger partial charge >= 0.3 is 5.97 Å². The number of halogens is 2. The van der Waals surface area contributed by atoms with Gasteiger partial charge in [-0.15, -0.1) is 0 Å². The lowest BCUT2D eigenvalue weighted by atomic mass is 9.76. The summed E-state index contributed by atoms with van der Waals surface area (Å²) < 4.78 is 18.7. The fourth-order valence-electron chi connectivity index (χ4n) is 4.08. The molecule has 0 aromatic heterocycles. The fraction of sp³-hybridized carbons (Fsp3) is 0.588. The highest BCUT2D eigenvalue weighted by molar-refractivity contribution is 14.1. The standard InChI is InChI=1S/C17H21FINO2/c1-20-13-6-7-15(20)16(17(21)22-9-8-18)14(10-13)11-2-4-12(19)5-3-11/h2-5,13-16H,6-10H2,1H3/t13-,14+,15+,16-/m0/s1. The average molecular weight is 417 g/mol. The minimum atomic E-state index is -0.615. The number of carbonyl (C=O) groups excluding carboxylic acids is 1. The summed E-state index contributed by atoms with van der Waals surface area (Å²) in [4.78, 5) is 14.8. The van der Waals surface area contributed by atoms with Gasteiger partial charge in [0.2, 0.25) is 0 Å². The molecule has 4 atom stereocenters. The fourth-order valence-corrected chi connectivity index (χ4v) is 4.44. The molecule has 2 bridgehead atoms. The molecule has 2 saturated heterocycles. The van der Waals surface area contributed by atoms with Gasteiger partial charge in [-0.2, -0.15) is 0 Å². The Morgan fingerprint density at radius 2 is 2.09 bits per heavy atom. The topological polar surface area (TPSA) is 29.5 Å². The van der Waals surface area contributed by atoms with Gasteiger partial charge in [0, 0.05) is 21.6 Å². The lowest BCUT2D eigenvalue weighted by Crippen LogP contribution is -2.49. The summed E-state index contributed by atoms with van der Waals surface area (Å²) in [5.74, 6) is -0.244. The third-order valence-electron chi connectivity index (χ3n) is 5.16. The molecule has 2 aliphatic rings. The van der Waals surface area contributed by atoms with E-state index in [4.69, 9.17) is 4.74 Å². The summed E-state index contributed by atoms with van der Waals surface area (Å²) in [5.41, 5.74) is 1.20. The second-order valence-electron chi connectivity index (χ2n) is 6.24. The zero-order valence-corrected chi connectivity index (χ0v) is 14.8. The van der Waals surface area contributed by atoms with E-state index >= 15 is 0 Å². The number of alkyl halides is 1. The van der Waals surface area contributed by atoms with Gasteiger partial charge < -0.3 is 4.74 Å². The van der Waals surface area contributed by atoms with Gasteiger partial charge in [-0.3, -0.25) is 9.69 Å². The van der Waals surface area contributed by atoms with Gasteiger partial charge in [-0.1, -0.05) is 12.1 Å². The van der Waals surface area contributed by atoms with Crippen LogP contribution < -0.4 is 0 Å². The Bertz CT molecular complexity index is 536. The second kappa shape index (κ2) is 6.83. The molecule has 0 aliphatic carbocycles. The quantitative estimate of drug-likeness (QED) is 0.556. The van der Waals surface area contributed by atoms with E-state index in [0.29, 0.717) is 6.04 Å². The van der Waals surface area contributed by atoms with Crippen LogP contribution in [-0.2, 0) is 9.53 Å². The monoisotopic (exact) mass is 417 g/mol. The van der Waals surface area contributed by atoms with E-state index in [2.05, 4.69) is 58.8 Å². The number of fused-ring (bicyclic) bond motifs is 2. The van der Waals surface area contributed by atoms with E-state index in [0.717, 1.165) is 19.3 Å². The van der Waals surface area contributed by atoms with Crippen molar-refractivity contribution in [3.8, 4) is 0 Å². The molecule has 0 saturated carbocycles. The zero-order valence-electron chi connectivity index (χ0n) is 12.7. The van der Waals surface area contributed by atoms with Crippen LogP contribution in [-0.4, -0.2) is 43.3 Å². The van der Waals surface area contributed by atoms with Crippen LogP contribution in [0.15, 0.2) is 24.3 Å². The molecule has 120 valence electrons. The van der Waals surface area contributed by atoms with E-state index in [1.165, 1.54) is 9.13 Å². The molecular formula is C17H21FINO2. The summed E-state index contributed by atoms with van der Waals surface area (Å²) in [6.07, 6.45) is 3.13. The molecule has 2 fully saturated rings. The van der Waals surface area contributed by atoms with Crippen LogP contribution in [0.25, 0.3) is 0 Å². The summed E-state index contributed by atoms with van der Waals surface area (Å²) in [6.45, 7) is -0.746. The number of hydrogen-bond acceptors (Lipinski definition) is 3. The molecule has 0 N–H and O–H groups in total. The van der Waals surface area contributed by atoms with Crippen LogP contribution in [0.1, 0.15) is 30.7 Å². The average Bonchev–Trinajstić information content (AvgIpc) is 2.75.